The van der Waals surface area contributed by atoms with Gasteiger partial charge in [-0.2, -0.15) is 0 Å². The topological polar surface area (TPSA) is 32.3 Å². The molecule has 1 heterocycles. The number of allylic oxidation sites excluding steroid dienone is 1. The van der Waals surface area contributed by atoms with Crippen LogP contribution in [0.5, 0.6) is 0 Å². The quantitative estimate of drug-likeness (QED) is 0.913. The third-order valence-electron chi connectivity index (χ3n) is 3.98. The number of benzene rings is 2. The van der Waals surface area contributed by atoms with E-state index in [1.807, 2.05) is 69.3 Å². The van der Waals surface area contributed by atoms with Crippen molar-refractivity contribution in [2.45, 2.75) is 26.4 Å². The molecule has 0 atom stereocenters. The molecule has 22 heavy (non-hydrogen) atoms. The molecule has 0 saturated carbocycles. The number of para-hydroxylation sites is 1. The van der Waals surface area contributed by atoms with Crippen molar-refractivity contribution in [3.63, 3.8) is 0 Å². The molecule has 1 aliphatic heterocycles. The predicted octanol–water partition coefficient (Wildman–Crippen LogP) is 3.79. The van der Waals surface area contributed by atoms with Crippen LogP contribution in [0.2, 0.25) is 0 Å². The zero-order chi connectivity index (χ0) is 15.7. The van der Waals surface area contributed by atoms with Crippen LogP contribution in [0, 0.1) is 0 Å². The predicted molar refractivity (Wildman–Crippen MR) is 90.2 cm³/mol. The van der Waals surface area contributed by atoms with Crippen LogP contribution < -0.4 is 10.2 Å². The summed E-state index contributed by atoms with van der Waals surface area (Å²) in [6.45, 7) is 6.04. The lowest BCUT2D eigenvalue weighted by molar-refractivity contribution is -0.117. The number of anilines is 1. The third-order valence-corrected chi connectivity index (χ3v) is 3.98. The number of hydrogen-bond donors (Lipinski definition) is 1. The van der Waals surface area contributed by atoms with E-state index >= 15 is 0 Å². The maximum atomic E-state index is 12.6. The van der Waals surface area contributed by atoms with Crippen LogP contribution in [0.1, 0.15) is 26.3 Å². The van der Waals surface area contributed by atoms with Gasteiger partial charge < -0.3 is 10.2 Å². The summed E-state index contributed by atoms with van der Waals surface area (Å²) in [4.78, 5) is 14.8. The molecule has 0 aliphatic carbocycles. The average Bonchev–Trinajstić information content (AvgIpc) is 2.48. The summed E-state index contributed by atoms with van der Waals surface area (Å²) in [6, 6.07) is 19.9. The highest BCUT2D eigenvalue weighted by Crippen LogP contribution is 2.35. The zero-order valence-electron chi connectivity index (χ0n) is 13.1. The van der Waals surface area contributed by atoms with Gasteiger partial charge in [0.05, 0.1) is 5.57 Å². The van der Waals surface area contributed by atoms with Crippen molar-refractivity contribution in [3.8, 4) is 0 Å². The van der Waals surface area contributed by atoms with E-state index in [1.165, 1.54) is 0 Å². The van der Waals surface area contributed by atoms with Gasteiger partial charge in [0.25, 0.3) is 5.91 Å². The number of hydrogen-bond acceptors (Lipinski definition) is 2. The van der Waals surface area contributed by atoms with Crippen molar-refractivity contribution >= 4 is 17.2 Å². The Bertz CT molecular complexity index is 718. The van der Waals surface area contributed by atoms with Gasteiger partial charge in [0.15, 0.2) is 0 Å². The van der Waals surface area contributed by atoms with Crippen molar-refractivity contribution in [1.82, 2.24) is 5.32 Å². The number of nitrogens with zero attached hydrogens (tertiary/aromatic N) is 1. The number of carbonyl (C=O) groups is 1. The fourth-order valence-corrected chi connectivity index (χ4v) is 3.13. The normalized spacial score (nSPS) is 17.4. The van der Waals surface area contributed by atoms with E-state index in [-0.39, 0.29) is 5.91 Å². The SMILES string of the molecule is CC1=C(c2ccccc2)C(=O)NC(C)(C)N1c1ccccc1. The Hall–Kier alpha value is -2.55. The van der Waals surface area contributed by atoms with Gasteiger partial charge in [-0.15, -0.1) is 0 Å². The maximum Gasteiger partial charge on any atom is 0.255 e. The van der Waals surface area contributed by atoms with Crippen molar-refractivity contribution in [2.75, 3.05) is 4.90 Å². The van der Waals surface area contributed by atoms with E-state index in [0.717, 1.165) is 22.5 Å². The average molecular weight is 292 g/mol. The first-order valence-electron chi connectivity index (χ1n) is 7.45. The Morgan fingerprint density at radius 3 is 2.05 bits per heavy atom. The van der Waals surface area contributed by atoms with E-state index in [9.17, 15) is 4.79 Å². The Labute approximate surface area is 131 Å². The van der Waals surface area contributed by atoms with E-state index in [0.29, 0.717) is 0 Å². The summed E-state index contributed by atoms with van der Waals surface area (Å²) in [6.07, 6.45) is 0. The van der Waals surface area contributed by atoms with Gasteiger partial charge >= 0.3 is 0 Å². The second-order valence-electron chi connectivity index (χ2n) is 6.01. The lowest BCUT2D eigenvalue weighted by atomic mass is 9.96. The molecule has 2 aromatic carbocycles. The van der Waals surface area contributed by atoms with Crippen LogP contribution in [0.25, 0.3) is 5.57 Å². The number of rotatable bonds is 2. The largest absolute Gasteiger partial charge is 0.329 e. The molecule has 112 valence electrons. The molecule has 1 amide bonds. The molecule has 0 unspecified atom stereocenters. The fourth-order valence-electron chi connectivity index (χ4n) is 3.13. The molecule has 0 bridgehead atoms. The monoisotopic (exact) mass is 292 g/mol. The standard InChI is InChI=1S/C19H20N2O/c1-14-17(15-10-6-4-7-11-15)18(22)20-19(2,3)21(14)16-12-8-5-9-13-16/h4-13H,1-3H3,(H,20,22). The minimum atomic E-state index is -0.471. The molecule has 0 saturated heterocycles. The molecule has 0 radical (unpaired) electrons. The molecular formula is C19H20N2O. The second-order valence-corrected chi connectivity index (χ2v) is 6.01. The van der Waals surface area contributed by atoms with Crippen molar-refractivity contribution < 1.29 is 4.79 Å². The van der Waals surface area contributed by atoms with E-state index in [1.54, 1.807) is 0 Å². The molecular weight excluding hydrogens is 272 g/mol. The van der Waals surface area contributed by atoms with Crippen LogP contribution in [0.4, 0.5) is 5.69 Å². The zero-order valence-corrected chi connectivity index (χ0v) is 13.1. The minimum Gasteiger partial charge on any atom is -0.329 e. The smallest absolute Gasteiger partial charge is 0.255 e. The molecule has 3 nitrogen and oxygen atoms in total. The second kappa shape index (κ2) is 5.34. The van der Waals surface area contributed by atoms with Crippen LogP contribution >= 0.6 is 0 Å². The molecule has 1 N–H and O–H groups in total. The molecule has 3 heteroatoms. The summed E-state index contributed by atoms with van der Waals surface area (Å²) >= 11 is 0. The summed E-state index contributed by atoms with van der Waals surface area (Å²) in [5, 5.41) is 3.11. The van der Waals surface area contributed by atoms with Gasteiger partial charge in [-0.25, -0.2) is 0 Å². The van der Waals surface area contributed by atoms with Crippen molar-refractivity contribution in [2.24, 2.45) is 0 Å². The Morgan fingerprint density at radius 1 is 0.909 bits per heavy atom. The fraction of sp³-hybridized carbons (Fsp3) is 0.211. The van der Waals surface area contributed by atoms with Gasteiger partial charge in [-0.05, 0) is 38.5 Å². The lowest BCUT2D eigenvalue weighted by Crippen LogP contribution is -2.60. The molecule has 3 rings (SSSR count). The van der Waals surface area contributed by atoms with E-state index in [4.69, 9.17) is 0 Å². The Balaban J connectivity index is 2.19. The molecule has 0 spiro atoms. The van der Waals surface area contributed by atoms with Crippen LogP contribution in [0.3, 0.4) is 0 Å². The first-order chi connectivity index (χ1) is 10.5. The maximum absolute atomic E-state index is 12.6. The number of amides is 1. The van der Waals surface area contributed by atoms with Gasteiger partial charge in [0, 0.05) is 11.4 Å². The first-order valence-corrected chi connectivity index (χ1v) is 7.45. The highest BCUT2D eigenvalue weighted by molar-refractivity contribution is 6.22. The summed E-state index contributed by atoms with van der Waals surface area (Å²) < 4.78 is 0. The van der Waals surface area contributed by atoms with Crippen molar-refractivity contribution in [3.05, 3.63) is 71.9 Å². The number of nitrogens with one attached hydrogen (secondary N) is 1. The number of carbonyl (C=O) groups excluding carboxylic acids is 1. The van der Waals surface area contributed by atoms with Crippen LogP contribution in [-0.2, 0) is 4.79 Å². The Morgan fingerprint density at radius 2 is 1.45 bits per heavy atom. The van der Waals surface area contributed by atoms with Gasteiger partial charge in [-0.1, -0.05) is 48.5 Å². The summed E-state index contributed by atoms with van der Waals surface area (Å²) in [5.41, 5.74) is 3.23. The van der Waals surface area contributed by atoms with Crippen LogP contribution in [0.15, 0.2) is 66.4 Å². The third kappa shape index (κ3) is 2.39. The molecule has 0 aromatic heterocycles. The van der Waals surface area contributed by atoms with E-state index in [2.05, 4.69) is 22.3 Å². The Kier molecular flexibility index (Phi) is 3.49. The minimum absolute atomic E-state index is 0.0270. The molecule has 0 fully saturated rings. The summed E-state index contributed by atoms with van der Waals surface area (Å²) in [7, 11) is 0. The van der Waals surface area contributed by atoms with Gasteiger partial charge in [0.2, 0.25) is 0 Å². The lowest BCUT2D eigenvalue weighted by Gasteiger charge is -2.45. The van der Waals surface area contributed by atoms with Crippen LogP contribution in [-0.4, -0.2) is 11.6 Å². The molecule has 2 aromatic rings. The van der Waals surface area contributed by atoms with Gasteiger partial charge in [0.1, 0.15) is 5.66 Å². The van der Waals surface area contributed by atoms with Crippen molar-refractivity contribution in [1.29, 1.82) is 0 Å². The summed E-state index contributed by atoms with van der Waals surface area (Å²) in [5.74, 6) is -0.0270. The highest BCUT2D eigenvalue weighted by Gasteiger charge is 2.37. The highest BCUT2D eigenvalue weighted by atomic mass is 16.2. The van der Waals surface area contributed by atoms with E-state index < -0.39 is 5.66 Å². The molecule has 1 aliphatic rings. The first kappa shape index (κ1) is 14.4. The van der Waals surface area contributed by atoms with Gasteiger partial charge in [-0.3, -0.25) is 4.79 Å².